The van der Waals surface area contributed by atoms with Crippen molar-refractivity contribution in [1.82, 2.24) is 10.3 Å². The molecule has 0 bridgehead atoms. The van der Waals surface area contributed by atoms with E-state index in [2.05, 4.69) is 16.4 Å². The Bertz CT molecular complexity index is 851. The molecule has 1 aromatic heterocycles. The normalized spacial score (nSPS) is 10.8. The van der Waals surface area contributed by atoms with Gasteiger partial charge in [-0.15, -0.1) is 11.3 Å². The van der Waals surface area contributed by atoms with Crippen LogP contribution in [-0.2, 0) is 13.1 Å². The third-order valence-electron chi connectivity index (χ3n) is 3.60. The molecule has 2 aromatic carbocycles. The van der Waals surface area contributed by atoms with Gasteiger partial charge in [0.15, 0.2) is 0 Å². The van der Waals surface area contributed by atoms with E-state index >= 15 is 0 Å². The summed E-state index contributed by atoms with van der Waals surface area (Å²) in [5.41, 5.74) is 2.17. The van der Waals surface area contributed by atoms with Gasteiger partial charge in [0, 0.05) is 24.8 Å². The number of nitrogens with zero attached hydrogens (tertiary/aromatic N) is 1. The number of ether oxygens (including phenoxy) is 1. The van der Waals surface area contributed by atoms with Crippen molar-refractivity contribution in [2.45, 2.75) is 20.0 Å². The van der Waals surface area contributed by atoms with Crippen molar-refractivity contribution in [2.24, 2.45) is 0 Å². The van der Waals surface area contributed by atoms with Gasteiger partial charge in [0.1, 0.15) is 10.8 Å². The van der Waals surface area contributed by atoms with Gasteiger partial charge in [-0.3, -0.25) is 0 Å². The zero-order chi connectivity index (χ0) is 17.6. The third-order valence-corrected chi connectivity index (χ3v) is 5.36. The van der Waals surface area contributed by atoms with Crippen molar-refractivity contribution in [3.05, 3.63) is 69.3 Å². The molecule has 0 atom stereocenters. The lowest BCUT2D eigenvalue weighted by molar-refractivity contribution is 0.341. The molecule has 0 saturated heterocycles. The fraction of sp³-hybridized carbons (Fsp3) is 0.211. The fourth-order valence-corrected chi connectivity index (χ4v) is 3.67. The first-order valence-electron chi connectivity index (χ1n) is 7.99. The molecule has 1 heterocycles. The molecule has 130 valence electrons. The molecule has 3 nitrogen and oxygen atoms in total. The summed E-state index contributed by atoms with van der Waals surface area (Å²) in [7, 11) is 0. The highest BCUT2D eigenvalue weighted by Crippen LogP contribution is 2.33. The molecule has 3 aromatic rings. The molecule has 0 unspecified atom stereocenters. The van der Waals surface area contributed by atoms with Crippen LogP contribution in [-0.4, -0.2) is 11.6 Å². The third kappa shape index (κ3) is 4.73. The predicted octanol–water partition coefficient (Wildman–Crippen LogP) is 5.81. The number of halogens is 2. The second kappa shape index (κ2) is 8.68. The molecule has 0 aliphatic heterocycles. The highest BCUT2D eigenvalue weighted by Gasteiger charge is 2.09. The molecule has 3 rings (SSSR count). The number of hydrogen-bond acceptors (Lipinski definition) is 4. The van der Waals surface area contributed by atoms with Gasteiger partial charge < -0.3 is 10.1 Å². The first-order chi connectivity index (χ1) is 12.2. The van der Waals surface area contributed by atoms with Crippen LogP contribution in [0.5, 0.6) is 5.75 Å². The SMILES string of the molecule is CCOc1ccccc1-c1cnc(CNCc2ccc(Cl)c(Cl)c2)s1. The fourth-order valence-electron chi connectivity index (χ4n) is 2.43. The lowest BCUT2D eigenvalue weighted by Crippen LogP contribution is -2.12. The largest absolute Gasteiger partial charge is 0.493 e. The van der Waals surface area contributed by atoms with Gasteiger partial charge in [-0.1, -0.05) is 41.4 Å². The predicted molar refractivity (Wildman–Crippen MR) is 106 cm³/mol. The Morgan fingerprint density at radius 3 is 2.72 bits per heavy atom. The van der Waals surface area contributed by atoms with E-state index in [9.17, 15) is 0 Å². The Hall–Kier alpha value is -1.59. The molecule has 1 N–H and O–H groups in total. The van der Waals surface area contributed by atoms with Crippen LogP contribution in [0.15, 0.2) is 48.7 Å². The maximum absolute atomic E-state index is 6.04. The van der Waals surface area contributed by atoms with Gasteiger partial charge >= 0.3 is 0 Å². The van der Waals surface area contributed by atoms with Crippen LogP contribution >= 0.6 is 34.5 Å². The lowest BCUT2D eigenvalue weighted by atomic mass is 10.2. The highest BCUT2D eigenvalue weighted by molar-refractivity contribution is 7.15. The molecule has 0 fully saturated rings. The van der Waals surface area contributed by atoms with Crippen LogP contribution in [0.3, 0.4) is 0 Å². The summed E-state index contributed by atoms with van der Waals surface area (Å²) in [6.45, 7) is 4.04. The average Bonchev–Trinajstić information content (AvgIpc) is 3.08. The Kier molecular flexibility index (Phi) is 6.32. The molecule has 0 aliphatic carbocycles. The van der Waals surface area contributed by atoms with Crippen molar-refractivity contribution in [1.29, 1.82) is 0 Å². The second-order valence-corrected chi connectivity index (χ2v) is 7.33. The lowest BCUT2D eigenvalue weighted by Gasteiger charge is -2.07. The Morgan fingerprint density at radius 1 is 1.08 bits per heavy atom. The molecular weight excluding hydrogens is 375 g/mol. The molecule has 6 heteroatoms. The van der Waals surface area contributed by atoms with Gasteiger partial charge in [-0.25, -0.2) is 4.98 Å². The van der Waals surface area contributed by atoms with Crippen LogP contribution in [0.25, 0.3) is 10.4 Å². The average molecular weight is 393 g/mol. The van der Waals surface area contributed by atoms with E-state index < -0.39 is 0 Å². The van der Waals surface area contributed by atoms with Gasteiger partial charge in [0.25, 0.3) is 0 Å². The zero-order valence-electron chi connectivity index (χ0n) is 13.8. The summed E-state index contributed by atoms with van der Waals surface area (Å²) in [4.78, 5) is 5.62. The number of aromatic nitrogens is 1. The van der Waals surface area contributed by atoms with Crippen molar-refractivity contribution in [3.63, 3.8) is 0 Å². The molecule has 0 aliphatic rings. The smallest absolute Gasteiger partial charge is 0.127 e. The minimum absolute atomic E-state index is 0.572. The summed E-state index contributed by atoms with van der Waals surface area (Å²) in [5, 5.41) is 5.56. The Labute approximate surface area is 161 Å². The number of nitrogens with one attached hydrogen (secondary N) is 1. The van der Waals surface area contributed by atoms with Gasteiger partial charge in [-0.05, 0) is 36.8 Å². The summed E-state index contributed by atoms with van der Waals surface area (Å²) >= 11 is 13.6. The minimum Gasteiger partial charge on any atom is -0.493 e. The number of hydrogen-bond donors (Lipinski definition) is 1. The zero-order valence-corrected chi connectivity index (χ0v) is 16.1. The van der Waals surface area contributed by atoms with Crippen LogP contribution in [0.1, 0.15) is 17.5 Å². The monoisotopic (exact) mass is 392 g/mol. The summed E-state index contributed by atoms with van der Waals surface area (Å²) in [6.07, 6.45) is 1.90. The topological polar surface area (TPSA) is 34.1 Å². The maximum Gasteiger partial charge on any atom is 0.127 e. The van der Waals surface area contributed by atoms with Crippen molar-refractivity contribution in [3.8, 4) is 16.2 Å². The molecule has 0 radical (unpaired) electrons. The van der Waals surface area contributed by atoms with Gasteiger partial charge in [0.2, 0.25) is 0 Å². The van der Waals surface area contributed by atoms with Gasteiger partial charge in [-0.2, -0.15) is 0 Å². The van der Waals surface area contributed by atoms with E-state index in [0.29, 0.717) is 29.7 Å². The van der Waals surface area contributed by atoms with Crippen LogP contribution in [0.2, 0.25) is 10.0 Å². The van der Waals surface area contributed by atoms with E-state index in [4.69, 9.17) is 27.9 Å². The first kappa shape index (κ1) is 18.2. The second-order valence-electron chi connectivity index (χ2n) is 5.40. The van der Waals surface area contributed by atoms with E-state index in [0.717, 1.165) is 26.8 Å². The van der Waals surface area contributed by atoms with Gasteiger partial charge in [0.05, 0.1) is 21.5 Å². The summed E-state index contributed by atoms with van der Waals surface area (Å²) < 4.78 is 5.70. The van der Waals surface area contributed by atoms with Crippen LogP contribution < -0.4 is 10.1 Å². The summed E-state index contributed by atoms with van der Waals surface area (Å²) in [5.74, 6) is 0.893. The highest BCUT2D eigenvalue weighted by atomic mass is 35.5. The molecule has 0 spiro atoms. The van der Waals surface area contributed by atoms with E-state index in [1.807, 2.05) is 49.5 Å². The van der Waals surface area contributed by atoms with E-state index in [1.165, 1.54) is 0 Å². The van der Waals surface area contributed by atoms with Crippen LogP contribution in [0.4, 0.5) is 0 Å². The van der Waals surface area contributed by atoms with E-state index in [1.54, 1.807) is 11.3 Å². The molecular formula is C19H18Cl2N2OS. The Balaban J connectivity index is 1.63. The van der Waals surface area contributed by atoms with Crippen molar-refractivity contribution < 1.29 is 4.74 Å². The number of rotatable bonds is 7. The standard InChI is InChI=1S/C19H18Cl2N2OS/c1-2-24-17-6-4-3-5-14(17)18-11-23-19(25-18)12-22-10-13-7-8-15(20)16(21)9-13/h3-9,11,22H,2,10,12H2,1H3. The maximum atomic E-state index is 6.04. The number of benzene rings is 2. The number of para-hydroxylation sites is 1. The Morgan fingerprint density at radius 2 is 1.92 bits per heavy atom. The minimum atomic E-state index is 0.572. The number of thiazole rings is 1. The molecule has 0 amide bonds. The van der Waals surface area contributed by atoms with Crippen LogP contribution in [0, 0.1) is 0 Å². The molecule has 25 heavy (non-hydrogen) atoms. The quantitative estimate of drug-likeness (QED) is 0.550. The van der Waals surface area contributed by atoms with Crippen molar-refractivity contribution in [2.75, 3.05) is 6.61 Å². The molecule has 0 saturated carbocycles. The first-order valence-corrected chi connectivity index (χ1v) is 9.56. The summed E-state index contributed by atoms with van der Waals surface area (Å²) in [6, 6.07) is 13.7. The van der Waals surface area contributed by atoms with Crippen molar-refractivity contribution >= 4 is 34.5 Å². The van der Waals surface area contributed by atoms with E-state index in [-0.39, 0.29) is 0 Å².